The van der Waals surface area contributed by atoms with E-state index >= 15 is 4.39 Å². The molecule has 2 aromatic carbocycles. The maximum atomic E-state index is 15.3. The highest BCUT2D eigenvalue weighted by atomic mass is 19.1. The molecule has 3 saturated heterocycles. The lowest BCUT2D eigenvalue weighted by molar-refractivity contribution is -0.0353. The van der Waals surface area contributed by atoms with Crippen molar-refractivity contribution in [2.24, 2.45) is 11.3 Å². The average molecular weight is 451 g/mol. The van der Waals surface area contributed by atoms with Crippen LogP contribution in [0.5, 0.6) is 0 Å². The fourth-order valence-corrected chi connectivity index (χ4v) is 5.89. The zero-order valence-corrected chi connectivity index (χ0v) is 20.0. The first-order chi connectivity index (χ1) is 15.8. The minimum Gasteiger partial charge on any atom is -0.445 e. The number of carbonyl (C=O) groups excluding carboxylic acids is 1. The first kappa shape index (κ1) is 22.4. The topological polar surface area (TPSA) is 41.6 Å². The molecule has 0 unspecified atom stereocenters. The van der Waals surface area contributed by atoms with Gasteiger partial charge in [-0.05, 0) is 90.9 Å². The van der Waals surface area contributed by atoms with Crippen molar-refractivity contribution in [2.75, 3.05) is 19.6 Å². The molecule has 0 radical (unpaired) electrons. The van der Waals surface area contributed by atoms with Crippen molar-refractivity contribution >= 4 is 6.09 Å². The monoisotopic (exact) mass is 450 g/mol. The molecule has 4 nitrogen and oxygen atoms in total. The SMILES string of the molecule is CCc1ccc(-c2cc3c(cc2F)[C@H](NC(=O)O[C@@H]2CN4CCC2CC4)C(C)(C)CC3)cc1. The Bertz CT molecular complexity index is 1020. The largest absolute Gasteiger partial charge is 0.445 e. The number of nitrogens with zero attached hydrogens (tertiary/aromatic N) is 1. The maximum absolute atomic E-state index is 15.3. The number of piperidine rings is 3. The van der Waals surface area contributed by atoms with Crippen LogP contribution in [0.25, 0.3) is 11.1 Å². The zero-order valence-electron chi connectivity index (χ0n) is 20.0. The Labute approximate surface area is 196 Å². The van der Waals surface area contributed by atoms with Gasteiger partial charge in [0.05, 0.1) is 6.04 Å². The minimum absolute atomic E-state index is 0.0381. The average Bonchev–Trinajstić information content (AvgIpc) is 2.82. The van der Waals surface area contributed by atoms with Gasteiger partial charge in [0.2, 0.25) is 0 Å². The van der Waals surface area contributed by atoms with E-state index in [0.29, 0.717) is 11.5 Å². The maximum Gasteiger partial charge on any atom is 0.407 e. The van der Waals surface area contributed by atoms with Crippen molar-refractivity contribution in [1.82, 2.24) is 10.2 Å². The van der Waals surface area contributed by atoms with Crippen LogP contribution < -0.4 is 5.32 Å². The van der Waals surface area contributed by atoms with E-state index in [-0.39, 0.29) is 29.5 Å². The van der Waals surface area contributed by atoms with Crippen LogP contribution in [0, 0.1) is 17.2 Å². The van der Waals surface area contributed by atoms with E-state index in [1.807, 2.05) is 18.2 Å². The normalized spacial score (nSPS) is 27.6. The van der Waals surface area contributed by atoms with E-state index in [1.165, 1.54) is 5.56 Å². The molecule has 2 bridgehead atoms. The van der Waals surface area contributed by atoms with Crippen LogP contribution in [0.4, 0.5) is 9.18 Å². The molecule has 3 heterocycles. The fraction of sp³-hybridized carbons (Fsp3) is 0.536. The second-order valence-electron chi connectivity index (χ2n) is 10.7. The van der Waals surface area contributed by atoms with Crippen molar-refractivity contribution in [3.63, 3.8) is 0 Å². The molecular weight excluding hydrogens is 415 g/mol. The summed E-state index contributed by atoms with van der Waals surface area (Å²) < 4.78 is 21.2. The standard InChI is InChI=1S/C28H35FN2O2/c1-4-18-5-7-19(8-6-18)22-15-21-9-12-28(2,3)26(23(21)16-24(22)29)30-27(32)33-25-17-31-13-10-20(25)11-14-31/h5-8,15-16,20,25-26H,4,9-14,17H2,1-3H3,(H,30,32)/t25-,26+/m1/s1. The fourth-order valence-electron chi connectivity index (χ4n) is 5.89. The van der Waals surface area contributed by atoms with Crippen molar-refractivity contribution in [1.29, 1.82) is 0 Å². The van der Waals surface area contributed by atoms with E-state index in [2.05, 4.69) is 43.1 Å². The Kier molecular flexibility index (Phi) is 5.94. The Morgan fingerprint density at radius 1 is 1.18 bits per heavy atom. The molecule has 2 atom stereocenters. The summed E-state index contributed by atoms with van der Waals surface area (Å²) in [6.07, 6.45) is 4.54. The number of fused-ring (bicyclic) bond motifs is 4. The van der Waals surface area contributed by atoms with Gasteiger partial charge >= 0.3 is 6.09 Å². The Balaban J connectivity index is 1.38. The number of rotatable bonds is 4. The molecule has 33 heavy (non-hydrogen) atoms. The molecule has 5 heteroatoms. The summed E-state index contributed by atoms with van der Waals surface area (Å²) in [5.74, 6) is 0.222. The number of ether oxygens (including phenoxy) is 1. The van der Waals surface area contributed by atoms with Gasteiger partial charge in [-0.15, -0.1) is 0 Å². The van der Waals surface area contributed by atoms with Gasteiger partial charge in [0, 0.05) is 12.1 Å². The van der Waals surface area contributed by atoms with E-state index in [0.717, 1.165) is 68.4 Å². The summed E-state index contributed by atoms with van der Waals surface area (Å²) in [6, 6.07) is 11.5. The van der Waals surface area contributed by atoms with Crippen LogP contribution in [0.15, 0.2) is 36.4 Å². The highest BCUT2D eigenvalue weighted by Gasteiger charge is 2.40. The number of hydrogen-bond donors (Lipinski definition) is 1. The molecule has 1 amide bonds. The molecule has 2 aromatic rings. The molecule has 0 aromatic heterocycles. The summed E-state index contributed by atoms with van der Waals surface area (Å²) in [7, 11) is 0. The smallest absolute Gasteiger partial charge is 0.407 e. The predicted octanol–water partition coefficient (Wildman–Crippen LogP) is 5.89. The molecule has 1 N–H and O–H groups in total. The second-order valence-corrected chi connectivity index (χ2v) is 10.7. The van der Waals surface area contributed by atoms with Gasteiger partial charge in [-0.2, -0.15) is 0 Å². The first-order valence-corrected chi connectivity index (χ1v) is 12.4. The van der Waals surface area contributed by atoms with E-state index in [9.17, 15) is 4.79 Å². The zero-order chi connectivity index (χ0) is 23.2. The van der Waals surface area contributed by atoms with Crippen molar-refractivity contribution < 1.29 is 13.9 Å². The number of carbonyl (C=O) groups is 1. The molecule has 1 aliphatic carbocycles. The van der Waals surface area contributed by atoms with Crippen LogP contribution in [0.3, 0.4) is 0 Å². The van der Waals surface area contributed by atoms with E-state index < -0.39 is 0 Å². The third kappa shape index (κ3) is 4.40. The summed E-state index contributed by atoms with van der Waals surface area (Å²) in [4.78, 5) is 15.3. The van der Waals surface area contributed by atoms with Crippen LogP contribution >= 0.6 is 0 Å². The van der Waals surface area contributed by atoms with Gasteiger partial charge in [-0.25, -0.2) is 9.18 Å². The molecule has 0 saturated carbocycles. The number of benzene rings is 2. The van der Waals surface area contributed by atoms with Crippen molar-refractivity contribution in [3.8, 4) is 11.1 Å². The minimum atomic E-state index is -0.376. The first-order valence-electron chi connectivity index (χ1n) is 12.4. The Morgan fingerprint density at radius 3 is 2.55 bits per heavy atom. The van der Waals surface area contributed by atoms with Gasteiger partial charge in [-0.1, -0.05) is 45.0 Å². The van der Waals surface area contributed by atoms with Gasteiger partial charge in [-0.3, -0.25) is 4.90 Å². The lowest BCUT2D eigenvalue weighted by atomic mass is 9.70. The number of halogens is 1. The summed E-state index contributed by atoms with van der Waals surface area (Å²) in [6.45, 7) is 9.45. The van der Waals surface area contributed by atoms with Crippen LogP contribution in [0.1, 0.15) is 62.8 Å². The third-order valence-electron chi connectivity index (χ3n) is 8.15. The highest BCUT2D eigenvalue weighted by Crippen LogP contribution is 2.45. The molecular formula is C28H35FN2O2. The lowest BCUT2D eigenvalue weighted by Crippen LogP contribution is -2.53. The molecule has 0 spiro atoms. The van der Waals surface area contributed by atoms with Gasteiger partial charge in [0.15, 0.2) is 0 Å². The Morgan fingerprint density at radius 2 is 1.91 bits per heavy atom. The lowest BCUT2D eigenvalue weighted by Gasteiger charge is -2.44. The quantitative estimate of drug-likeness (QED) is 0.632. The van der Waals surface area contributed by atoms with Crippen molar-refractivity contribution in [3.05, 3.63) is 58.9 Å². The Hall–Kier alpha value is -2.40. The summed E-state index contributed by atoms with van der Waals surface area (Å²) in [5.41, 5.74) is 4.57. The van der Waals surface area contributed by atoms with Crippen molar-refractivity contribution in [2.45, 2.75) is 65.0 Å². The van der Waals surface area contributed by atoms with E-state index in [4.69, 9.17) is 4.74 Å². The van der Waals surface area contributed by atoms with Gasteiger partial charge < -0.3 is 10.1 Å². The molecule has 3 aliphatic heterocycles. The van der Waals surface area contributed by atoms with Crippen LogP contribution in [0.2, 0.25) is 0 Å². The number of alkyl carbamates (subject to hydrolysis) is 1. The second kappa shape index (κ2) is 8.75. The number of aryl methyl sites for hydroxylation is 2. The van der Waals surface area contributed by atoms with Gasteiger partial charge in [0.1, 0.15) is 11.9 Å². The number of amides is 1. The van der Waals surface area contributed by atoms with Crippen LogP contribution in [-0.2, 0) is 17.6 Å². The van der Waals surface area contributed by atoms with Gasteiger partial charge in [0.25, 0.3) is 0 Å². The number of nitrogens with one attached hydrogen (secondary N) is 1. The third-order valence-corrected chi connectivity index (χ3v) is 8.15. The summed E-state index contributed by atoms with van der Waals surface area (Å²) >= 11 is 0. The molecule has 4 aliphatic rings. The summed E-state index contributed by atoms with van der Waals surface area (Å²) in [5, 5.41) is 3.13. The molecule has 6 rings (SSSR count). The molecule has 176 valence electrons. The van der Waals surface area contributed by atoms with E-state index in [1.54, 1.807) is 6.07 Å². The van der Waals surface area contributed by atoms with Crippen LogP contribution in [-0.4, -0.2) is 36.7 Å². The number of hydrogen-bond acceptors (Lipinski definition) is 3. The molecule has 3 fully saturated rings. The highest BCUT2D eigenvalue weighted by molar-refractivity contribution is 5.70. The predicted molar refractivity (Wildman–Crippen MR) is 129 cm³/mol.